The molecule has 0 aliphatic carbocycles. The standard InChI is InChI=1S/C70H43NSe/c1-4-19-44(20-5-1)47-36-39-63-61(41-47)62-42-48(45-21-6-2-7-22-45)37-40-64(62)71(63)69-57-31-16-14-29-55(57)67(56-30-15-17-32-58(56)69)49-35-38-50-59-33-18-34-60(70(59)72-65(50)43-49)68-53-27-12-10-25-51(53)66(46-23-8-3-9-24-46)52-26-11-13-28-54(52)68/h1-43H. The van der Waals surface area contributed by atoms with Gasteiger partial charge in [-0.2, -0.15) is 0 Å². The monoisotopic (exact) mass is 977 g/mol. The topological polar surface area (TPSA) is 4.93 Å². The summed E-state index contributed by atoms with van der Waals surface area (Å²) in [6.07, 6.45) is 0. The first-order valence-corrected chi connectivity index (χ1v) is 26.5. The van der Waals surface area contributed by atoms with Crippen LogP contribution in [0.1, 0.15) is 0 Å². The Labute approximate surface area is 422 Å². The van der Waals surface area contributed by atoms with Gasteiger partial charge in [-0.3, -0.25) is 0 Å². The molecule has 0 unspecified atom stereocenters. The summed E-state index contributed by atoms with van der Waals surface area (Å²) in [6, 6.07) is 97.2. The Morgan fingerprint density at radius 1 is 0.236 bits per heavy atom. The molecular formula is C70H43NSe. The van der Waals surface area contributed by atoms with Crippen LogP contribution in [0, 0.1) is 0 Å². The second-order valence-corrected chi connectivity index (χ2v) is 21.3. The van der Waals surface area contributed by atoms with E-state index < -0.39 is 0 Å². The van der Waals surface area contributed by atoms with Gasteiger partial charge in [0.2, 0.25) is 0 Å². The fourth-order valence-corrected chi connectivity index (χ4v) is 14.7. The van der Waals surface area contributed by atoms with E-state index in [0.717, 1.165) is 0 Å². The second kappa shape index (κ2) is 16.4. The van der Waals surface area contributed by atoms with Gasteiger partial charge in [0.15, 0.2) is 0 Å². The number of nitrogens with zero attached hydrogens (tertiary/aromatic N) is 1. The van der Waals surface area contributed by atoms with Gasteiger partial charge in [-0.15, -0.1) is 0 Å². The predicted octanol–water partition coefficient (Wildman–Crippen LogP) is 19.1. The third-order valence-electron chi connectivity index (χ3n) is 15.2. The Hall–Kier alpha value is -8.78. The van der Waals surface area contributed by atoms with Crippen LogP contribution in [-0.4, -0.2) is 19.1 Å². The molecule has 0 radical (unpaired) electrons. The van der Waals surface area contributed by atoms with Crippen LogP contribution in [0.4, 0.5) is 0 Å². The zero-order valence-corrected chi connectivity index (χ0v) is 40.9. The number of benzene rings is 13. The van der Waals surface area contributed by atoms with Gasteiger partial charge in [0.25, 0.3) is 0 Å². The van der Waals surface area contributed by atoms with Crippen molar-refractivity contribution in [3.63, 3.8) is 0 Å². The van der Waals surface area contributed by atoms with Crippen LogP contribution in [-0.2, 0) is 0 Å². The largest absolute Gasteiger partial charge is 0.0617 e. The molecule has 15 rings (SSSR count). The van der Waals surface area contributed by atoms with Crippen molar-refractivity contribution in [3.05, 3.63) is 261 Å². The molecule has 2 heterocycles. The first kappa shape index (κ1) is 41.0. The molecule has 0 N–H and O–H groups in total. The van der Waals surface area contributed by atoms with Crippen molar-refractivity contribution in [1.82, 2.24) is 4.57 Å². The molecule has 0 atom stereocenters. The van der Waals surface area contributed by atoms with Crippen molar-refractivity contribution in [2.45, 2.75) is 0 Å². The van der Waals surface area contributed by atoms with Crippen LogP contribution < -0.4 is 0 Å². The van der Waals surface area contributed by atoms with Crippen LogP contribution in [0.25, 0.3) is 146 Å². The average Bonchev–Trinajstić information content (AvgIpc) is 3.99. The molecule has 0 fully saturated rings. The summed E-state index contributed by atoms with van der Waals surface area (Å²) in [5.74, 6) is 0. The van der Waals surface area contributed by atoms with E-state index in [-0.39, 0.29) is 14.5 Å². The van der Waals surface area contributed by atoms with Crippen molar-refractivity contribution in [3.8, 4) is 61.3 Å². The third-order valence-corrected chi connectivity index (χ3v) is 17.7. The van der Waals surface area contributed by atoms with Crippen LogP contribution in [0.5, 0.6) is 0 Å². The maximum Gasteiger partial charge on any atom is -0.0544 e. The molecule has 0 bridgehead atoms. The Morgan fingerprint density at radius 2 is 0.639 bits per heavy atom. The Bertz CT molecular complexity index is 4450. The normalized spacial score (nSPS) is 11.9. The number of aromatic nitrogens is 1. The van der Waals surface area contributed by atoms with Crippen molar-refractivity contribution < 1.29 is 0 Å². The van der Waals surface area contributed by atoms with Crippen molar-refractivity contribution >= 4 is 98.7 Å². The molecule has 2 heteroatoms. The van der Waals surface area contributed by atoms with Gasteiger partial charge in [-0.1, -0.05) is 60.7 Å². The van der Waals surface area contributed by atoms with E-state index in [1.807, 2.05) is 0 Å². The molecule has 0 saturated heterocycles. The maximum atomic E-state index is 2.55. The van der Waals surface area contributed by atoms with E-state index in [0.29, 0.717) is 0 Å². The average molecular weight is 977 g/mol. The molecule has 0 aliphatic heterocycles. The summed E-state index contributed by atoms with van der Waals surface area (Å²) in [5.41, 5.74) is 16.2. The number of hydrogen-bond donors (Lipinski definition) is 0. The fourth-order valence-electron chi connectivity index (χ4n) is 12.0. The fraction of sp³-hybridized carbons (Fsp3) is 0. The van der Waals surface area contributed by atoms with E-state index in [1.54, 1.807) is 0 Å². The molecule has 15 aromatic rings. The molecular weight excluding hydrogens is 934 g/mol. The first-order valence-electron chi connectivity index (χ1n) is 24.8. The van der Waals surface area contributed by atoms with Crippen LogP contribution in [0.15, 0.2) is 261 Å². The quantitative estimate of drug-likeness (QED) is 0.116. The van der Waals surface area contributed by atoms with Gasteiger partial charge in [0.1, 0.15) is 0 Å². The third kappa shape index (κ3) is 6.27. The molecule has 1 nitrogen and oxygen atoms in total. The summed E-state index contributed by atoms with van der Waals surface area (Å²) in [5, 5.41) is 15.3. The number of fused-ring (bicyclic) bond motifs is 10. The van der Waals surface area contributed by atoms with Gasteiger partial charge < -0.3 is 0 Å². The van der Waals surface area contributed by atoms with E-state index in [1.165, 1.54) is 146 Å². The summed E-state index contributed by atoms with van der Waals surface area (Å²) in [7, 11) is 0. The predicted molar refractivity (Wildman–Crippen MR) is 310 cm³/mol. The summed E-state index contributed by atoms with van der Waals surface area (Å²) in [6.45, 7) is 0. The smallest absolute Gasteiger partial charge is 0.0544 e. The minimum atomic E-state index is 0.0727. The van der Waals surface area contributed by atoms with E-state index in [2.05, 4.69) is 265 Å². The van der Waals surface area contributed by atoms with E-state index >= 15 is 0 Å². The van der Waals surface area contributed by atoms with Gasteiger partial charge in [0.05, 0.1) is 0 Å². The SMILES string of the molecule is c1ccc(-c2ccc3c(c2)c2cc(-c4ccccc4)ccc2n3-c2c3ccccc3c(-c3ccc4c(c3)[se]c3c(-c5c6ccccc6c(-c6ccccc6)c6ccccc56)cccc34)c3ccccc23)cc1. The summed E-state index contributed by atoms with van der Waals surface area (Å²) >= 11 is 0.0727. The Kier molecular flexibility index (Phi) is 9.35. The van der Waals surface area contributed by atoms with Crippen LogP contribution in [0.3, 0.4) is 0 Å². The number of rotatable bonds is 6. The summed E-state index contributed by atoms with van der Waals surface area (Å²) < 4.78 is 5.44. The summed E-state index contributed by atoms with van der Waals surface area (Å²) in [4.78, 5) is 0. The minimum absolute atomic E-state index is 0.0727. The maximum absolute atomic E-state index is 2.55. The molecule has 0 saturated carbocycles. The molecule has 334 valence electrons. The molecule has 72 heavy (non-hydrogen) atoms. The molecule has 0 amide bonds. The van der Waals surface area contributed by atoms with Crippen molar-refractivity contribution in [2.75, 3.05) is 0 Å². The van der Waals surface area contributed by atoms with Gasteiger partial charge in [0, 0.05) is 0 Å². The van der Waals surface area contributed by atoms with Gasteiger partial charge in [-0.25, -0.2) is 0 Å². The van der Waals surface area contributed by atoms with Gasteiger partial charge in [-0.05, 0) is 11.1 Å². The Balaban J connectivity index is 0.954. The first-order chi connectivity index (χ1) is 35.7. The van der Waals surface area contributed by atoms with E-state index in [9.17, 15) is 0 Å². The van der Waals surface area contributed by atoms with Crippen molar-refractivity contribution in [2.24, 2.45) is 0 Å². The minimum Gasteiger partial charge on any atom is -0.0617 e. The zero-order chi connectivity index (χ0) is 47.3. The Morgan fingerprint density at radius 3 is 1.15 bits per heavy atom. The second-order valence-electron chi connectivity index (χ2n) is 19.0. The molecule has 0 spiro atoms. The van der Waals surface area contributed by atoms with Crippen LogP contribution >= 0.6 is 0 Å². The number of hydrogen-bond acceptors (Lipinski definition) is 0. The zero-order valence-electron chi connectivity index (χ0n) is 39.2. The van der Waals surface area contributed by atoms with Crippen LogP contribution in [0.2, 0.25) is 0 Å². The van der Waals surface area contributed by atoms with Crippen molar-refractivity contribution in [1.29, 1.82) is 0 Å². The van der Waals surface area contributed by atoms with E-state index in [4.69, 9.17) is 0 Å². The molecule has 0 aliphatic rings. The molecule has 2 aromatic heterocycles. The molecule has 13 aromatic carbocycles. The van der Waals surface area contributed by atoms with Gasteiger partial charge >= 0.3 is 354 Å².